The number of fused-ring (bicyclic) bond motifs is 5. The van der Waals surface area contributed by atoms with Crippen LogP contribution in [-0.2, 0) is 19.1 Å². The average molecular weight is 555 g/mol. The van der Waals surface area contributed by atoms with Crippen LogP contribution in [0.1, 0.15) is 112 Å². The topological polar surface area (TPSA) is 75.7 Å². The van der Waals surface area contributed by atoms with Crippen molar-refractivity contribution in [2.45, 2.75) is 118 Å². The van der Waals surface area contributed by atoms with Crippen LogP contribution in [0.4, 0.5) is 0 Å². The van der Waals surface area contributed by atoms with Gasteiger partial charge in [-0.15, -0.1) is 6.42 Å². The molecule has 0 aromatic rings. The van der Waals surface area contributed by atoms with Gasteiger partial charge in [-0.05, 0) is 92.8 Å². The zero-order valence-electron chi connectivity index (χ0n) is 26.0. The Kier molecular flexibility index (Phi) is 9.32. The maximum Gasteiger partial charge on any atom is 0.325 e. The fourth-order valence-electron chi connectivity index (χ4n) is 10.3. The van der Waals surface area contributed by atoms with E-state index in [1.165, 1.54) is 38.5 Å². The molecule has 6 nitrogen and oxygen atoms in total. The number of ether oxygens (including phenoxy) is 1. The van der Waals surface area contributed by atoms with Crippen molar-refractivity contribution < 1.29 is 19.1 Å². The van der Waals surface area contributed by atoms with E-state index in [-0.39, 0.29) is 36.9 Å². The molecule has 0 aromatic heterocycles. The summed E-state index contributed by atoms with van der Waals surface area (Å²) < 4.78 is 5.08. The van der Waals surface area contributed by atoms with Gasteiger partial charge in [-0.2, -0.15) is 0 Å². The van der Waals surface area contributed by atoms with Crippen molar-refractivity contribution in [3.05, 3.63) is 0 Å². The van der Waals surface area contributed by atoms with Crippen LogP contribution in [0.3, 0.4) is 0 Å². The number of carbonyl (C=O) groups excluding carboxylic acids is 3. The van der Waals surface area contributed by atoms with Gasteiger partial charge in [-0.25, -0.2) is 0 Å². The third kappa shape index (κ3) is 5.09. The fraction of sp³-hybridized carbons (Fsp3) is 0.853. The van der Waals surface area contributed by atoms with Crippen molar-refractivity contribution in [1.29, 1.82) is 0 Å². The van der Waals surface area contributed by atoms with Crippen molar-refractivity contribution in [1.82, 2.24) is 10.2 Å². The Balaban J connectivity index is 1.61. The van der Waals surface area contributed by atoms with Crippen LogP contribution in [0.2, 0.25) is 0 Å². The summed E-state index contributed by atoms with van der Waals surface area (Å²) in [5.74, 6) is 5.80. The van der Waals surface area contributed by atoms with E-state index in [2.05, 4.69) is 45.9 Å². The molecule has 3 aliphatic carbocycles. The second-order valence-corrected chi connectivity index (χ2v) is 14.4. The lowest BCUT2D eigenvalue weighted by Crippen LogP contribution is -2.75. The molecular weight excluding hydrogens is 500 g/mol. The number of nitrogens with zero attached hydrogens (tertiary/aromatic N) is 1. The highest BCUT2D eigenvalue weighted by Crippen LogP contribution is 2.69. The second-order valence-electron chi connectivity index (χ2n) is 14.4. The molecule has 4 aliphatic rings. The zero-order chi connectivity index (χ0) is 29.3. The summed E-state index contributed by atoms with van der Waals surface area (Å²) in [7, 11) is 0. The Bertz CT molecular complexity index is 1000. The van der Waals surface area contributed by atoms with Gasteiger partial charge in [0.2, 0.25) is 11.8 Å². The van der Waals surface area contributed by atoms with Gasteiger partial charge in [0.05, 0.1) is 13.2 Å². The van der Waals surface area contributed by atoms with E-state index in [1.54, 1.807) is 11.8 Å². The van der Waals surface area contributed by atoms with Crippen molar-refractivity contribution in [3.63, 3.8) is 0 Å². The fourth-order valence-corrected chi connectivity index (χ4v) is 10.3. The maximum absolute atomic E-state index is 14.2. The number of nitrogens with one attached hydrogen (secondary N) is 1. The van der Waals surface area contributed by atoms with Gasteiger partial charge in [-0.3, -0.25) is 14.4 Å². The molecular formula is C34H54N2O4. The molecule has 224 valence electrons. The number of amides is 2. The predicted octanol–water partition coefficient (Wildman–Crippen LogP) is 5.98. The summed E-state index contributed by atoms with van der Waals surface area (Å²) in [4.78, 5) is 41.4. The lowest BCUT2D eigenvalue weighted by atomic mass is 9.42. The van der Waals surface area contributed by atoms with Crippen LogP contribution in [-0.4, -0.2) is 47.9 Å². The Morgan fingerprint density at radius 1 is 1.07 bits per heavy atom. The average Bonchev–Trinajstić information content (AvgIpc) is 3.26. The van der Waals surface area contributed by atoms with E-state index in [0.717, 1.165) is 30.6 Å². The number of terminal acetylenes is 1. The minimum absolute atomic E-state index is 0.0445. The molecule has 8 atom stereocenters. The van der Waals surface area contributed by atoms with Crippen LogP contribution in [0.5, 0.6) is 0 Å². The van der Waals surface area contributed by atoms with Crippen LogP contribution in [0.25, 0.3) is 0 Å². The van der Waals surface area contributed by atoms with Crippen LogP contribution >= 0.6 is 0 Å². The van der Waals surface area contributed by atoms with Gasteiger partial charge < -0.3 is 15.0 Å². The van der Waals surface area contributed by atoms with Crippen LogP contribution in [0.15, 0.2) is 0 Å². The summed E-state index contributed by atoms with van der Waals surface area (Å²) in [6, 6.07) is 0. The summed E-state index contributed by atoms with van der Waals surface area (Å²) in [5, 5.41) is 2.88. The van der Waals surface area contributed by atoms with E-state index in [9.17, 15) is 14.4 Å². The van der Waals surface area contributed by atoms with E-state index < -0.39 is 11.5 Å². The number of carbonyl (C=O) groups is 3. The Labute approximate surface area is 243 Å². The summed E-state index contributed by atoms with van der Waals surface area (Å²) in [5.41, 5.74) is -1.07. The molecule has 0 spiro atoms. The molecule has 1 heterocycles. The minimum Gasteiger partial charge on any atom is -0.465 e. The van der Waals surface area contributed by atoms with Gasteiger partial charge in [-0.1, -0.05) is 59.8 Å². The summed E-state index contributed by atoms with van der Waals surface area (Å²) in [6.07, 6.45) is 17.3. The first-order chi connectivity index (χ1) is 19.0. The van der Waals surface area contributed by atoms with Gasteiger partial charge >= 0.3 is 5.97 Å². The number of esters is 1. The molecule has 4 rings (SSSR count). The Hall–Kier alpha value is -2.03. The van der Waals surface area contributed by atoms with Gasteiger partial charge in [0.1, 0.15) is 12.1 Å². The Morgan fingerprint density at radius 2 is 1.82 bits per heavy atom. The SMILES string of the molecule is C#CCN1C(=O)CC[C@]2(C)[C@H]3CC[C@]4(C)[C@@H]([C@H](C)CCCC(C)C)CC[C@H]4[C@@H]3CC[C@@]12C(=O)NCC(=O)OCC. The molecule has 2 amide bonds. The van der Waals surface area contributed by atoms with E-state index in [4.69, 9.17) is 11.2 Å². The van der Waals surface area contributed by atoms with Crippen molar-refractivity contribution in [3.8, 4) is 12.3 Å². The lowest BCUT2D eigenvalue weighted by molar-refractivity contribution is -0.194. The first kappa shape index (κ1) is 30.9. The largest absolute Gasteiger partial charge is 0.465 e. The molecule has 0 bridgehead atoms. The first-order valence-corrected chi connectivity index (χ1v) is 16.1. The van der Waals surface area contributed by atoms with Crippen LogP contribution < -0.4 is 5.32 Å². The molecule has 1 aliphatic heterocycles. The lowest BCUT2D eigenvalue weighted by Gasteiger charge is -2.66. The molecule has 0 aromatic carbocycles. The number of piperidine rings is 1. The summed E-state index contributed by atoms with van der Waals surface area (Å²) >= 11 is 0. The van der Waals surface area contributed by atoms with Gasteiger partial charge in [0.25, 0.3) is 0 Å². The standard InChI is InChI=1S/C34H54N2O4/c1-8-21-36-29(37)17-19-33(7)28-16-18-32(6)26(24(5)12-10-11-23(3)4)13-14-27(32)25(28)15-20-34(33,36)31(39)35-22-30(38)40-9-2/h1,23-28H,9-22H2,2-7H3,(H,35,39)/t24-,25+,26-,27+,28+,32-,33-,34+/m1/s1. The maximum atomic E-state index is 14.2. The smallest absolute Gasteiger partial charge is 0.325 e. The molecule has 1 N–H and O–H groups in total. The predicted molar refractivity (Wildman–Crippen MR) is 158 cm³/mol. The number of rotatable bonds is 10. The summed E-state index contributed by atoms with van der Waals surface area (Å²) in [6.45, 7) is 13.9. The molecule has 4 fully saturated rings. The highest BCUT2D eigenvalue weighted by Gasteiger charge is 2.69. The van der Waals surface area contributed by atoms with E-state index in [1.807, 2.05) is 0 Å². The normalized spacial score (nSPS) is 37.6. The molecule has 6 heteroatoms. The van der Waals surface area contributed by atoms with Gasteiger partial charge in [0.15, 0.2) is 0 Å². The molecule has 40 heavy (non-hydrogen) atoms. The van der Waals surface area contributed by atoms with Crippen molar-refractivity contribution in [2.24, 2.45) is 46.3 Å². The first-order valence-electron chi connectivity index (χ1n) is 16.1. The molecule has 1 saturated heterocycles. The quantitative estimate of drug-likeness (QED) is 0.266. The number of likely N-dealkylation sites (tertiary alicyclic amines) is 1. The van der Waals surface area contributed by atoms with E-state index >= 15 is 0 Å². The zero-order valence-corrected chi connectivity index (χ0v) is 26.0. The molecule has 0 radical (unpaired) electrons. The monoisotopic (exact) mass is 554 g/mol. The molecule has 3 saturated carbocycles. The highest BCUT2D eigenvalue weighted by molar-refractivity contribution is 5.95. The van der Waals surface area contributed by atoms with Gasteiger partial charge in [0, 0.05) is 11.8 Å². The molecule has 0 unspecified atom stereocenters. The van der Waals surface area contributed by atoms with Crippen LogP contribution in [0, 0.1) is 58.7 Å². The third-order valence-electron chi connectivity index (χ3n) is 12.2. The Morgan fingerprint density at radius 3 is 2.50 bits per heavy atom. The van der Waals surface area contributed by atoms with Crippen molar-refractivity contribution >= 4 is 17.8 Å². The number of hydrogen-bond acceptors (Lipinski definition) is 4. The highest BCUT2D eigenvalue weighted by atomic mass is 16.5. The minimum atomic E-state index is -1.03. The number of hydrogen-bond donors (Lipinski definition) is 1. The second kappa shape index (κ2) is 12.1. The van der Waals surface area contributed by atoms with Crippen molar-refractivity contribution in [2.75, 3.05) is 19.7 Å². The third-order valence-corrected chi connectivity index (χ3v) is 12.2. The van der Waals surface area contributed by atoms with E-state index in [0.29, 0.717) is 42.4 Å².